The van der Waals surface area contributed by atoms with Crippen LogP contribution in [0.3, 0.4) is 0 Å². The average molecular weight is 231 g/mol. The maximum Gasteiger partial charge on any atom is 0.287 e. The molecule has 5 heteroatoms. The monoisotopic (exact) mass is 230 g/mol. The van der Waals surface area contributed by atoms with Crippen molar-refractivity contribution < 1.29 is 4.39 Å². The van der Waals surface area contributed by atoms with Crippen LogP contribution in [0.5, 0.6) is 0 Å². The van der Waals surface area contributed by atoms with Crippen molar-refractivity contribution in [1.29, 1.82) is 5.26 Å². The molecule has 0 atom stereocenters. The quantitative estimate of drug-likeness (QED) is 0.730. The molecule has 0 aliphatic rings. The van der Waals surface area contributed by atoms with Crippen LogP contribution < -0.4 is 5.56 Å². The van der Waals surface area contributed by atoms with Crippen LogP contribution in [0.25, 0.3) is 0 Å². The second-order valence-corrected chi connectivity index (χ2v) is 3.01. The molecule has 0 unspecified atom stereocenters. The van der Waals surface area contributed by atoms with E-state index in [-0.39, 0.29) is 6.54 Å². The standard InChI is InChI=1S/C7H4BrFN2O/c8-5-3-6(9)7(12)11(4-5)2-1-10/h3-4H,2H2. The number of nitrogens with zero attached hydrogens (tertiary/aromatic N) is 2. The van der Waals surface area contributed by atoms with Gasteiger partial charge in [-0.15, -0.1) is 0 Å². The molecule has 62 valence electrons. The number of aromatic nitrogens is 1. The van der Waals surface area contributed by atoms with Gasteiger partial charge in [0.2, 0.25) is 0 Å². The topological polar surface area (TPSA) is 45.8 Å². The molecule has 0 N–H and O–H groups in total. The molecule has 1 aromatic rings. The Morgan fingerprint density at radius 1 is 1.75 bits per heavy atom. The van der Waals surface area contributed by atoms with Crippen LogP contribution in [0.15, 0.2) is 21.5 Å². The van der Waals surface area contributed by atoms with E-state index in [4.69, 9.17) is 5.26 Å². The van der Waals surface area contributed by atoms with Crippen molar-refractivity contribution in [2.45, 2.75) is 6.54 Å². The van der Waals surface area contributed by atoms with E-state index in [0.717, 1.165) is 10.6 Å². The van der Waals surface area contributed by atoms with Crippen LogP contribution in [-0.2, 0) is 6.54 Å². The van der Waals surface area contributed by atoms with Gasteiger partial charge in [-0.3, -0.25) is 9.36 Å². The number of nitriles is 1. The van der Waals surface area contributed by atoms with E-state index in [0.29, 0.717) is 4.47 Å². The third-order valence-electron chi connectivity index (χ3n) is 1.25. The highest BCUT2D eigenvalue weighted by Gasteiger charge is 2.03. The van der Waals surface area contributed by atoms with Gasteiger partial charge >= 0.3 is 0 Å². The summed E-state index contributed by atoms with van der Waals surface area (Å²) in [5.74, 6) is -0.861. The minimum absolute atomic E-state index is 0.144. The predicted molar refractivity (Wildman–Crippen MR) is 44.0 cm³/mol. The Hall–Kier alpha value is -1.15. The maximum absolute atomic E-state index is 12.7. The zero-order chi connectivity index (χ0) is 9.14. The van der Waals surface area contributed by atoms with Gasteiger partial charge in [-0.05, 0) is 22.0 Å². The fraction of sp³-hybridized carbons (Fsp3) is 0.143. The van der Waals surface area contributed by atoms with Gasteiger partial charge in [0.25, 0.3) is 5.56 Å². The molecule has 12 heavy (non-hydrogen) atoms. The summed E-state index contributed by atoms with van der Waals surface area (Å²) in [5.41, 5.74) is -0.778. The second kappa shape index (κ2) is 3.50. The number of hydrogen-bond donors (Lipinski definition) is 0. The molecule has 0 aliphatic carbocycles. The van der Waals surface area contributed by atoms with Crippen LogP contribution in [0.2, 0.25) is 0 Å². The minimum Gasteiger partial charge on any atom is -0.298 e. The lowest BCUT2D eigenvalue weighted by atomic mass is 10.4. The first-order chi connectivity index (χ1) is 5.65. The Kier molecular flexibility index (Phi) is 2.61. The van der Waals surface area contributed by atoms with Gasteiger partial charge < -0.3 is 0 Å². The smallest absolute Gasteiger partial charge is 0.287 e. The summed E-state index contributed by atoms with van der Waals surface area (Å²) >= 11 is 3.01. The van der Waals surface area contributed by atoms with Crippen LogP contribution >= 0.6 is 15.9 Å². The SMILES string of the molecule is N#CCn1cc(Br)cc(F)c1=O. The fourth-order valence-electron chi connectivity index (χ4n) is 0.758. The number of halogens is 2. The maximum atomic E-state index is 12.7. The van der Waals surface area contributed by atoms with E-state index in [1.807, 2.05) is 0 Å². The Morgan fingerprint density at radius 2 is 2.42 bits per heavy atom. The first kappa shape index (κ1) is 8.94. The van der Waals surface area contributed by atoms with Gasteiger partial charge in [0.05, 0.1) is 6.07 Å². The molecule has 0 aliphatic heterocycles. The highest BCUT2D eigenvalue weighted by atomic mass is 79.9. The molecule has 0 bridgehead atoms. The van der Waals surface area contributed by atoms with E-state index in [1.54, 1.807) is 6.07 Å². The van der Waals surface area contributed by atoms with Crippen molar-refractivity contribution in [2.24, 2.45) is 0 Å². The molecule has 3 nitrogen and oxygen atoms in total. The van der Waals surface area contributed by atoms with Crippen molar-refractivity contribution in [3.8, 4) is 6.07 Å². The van der Waals surface area contributed by atoms with Crippen LogP contribution in [0.4, 0.5) is 4.39 Å². The molecule has 0 saturated carbocycles. The van der Waals surface area contributed by atoms with Gasteiger partial charge in [-0.2, -0.15) is 5.26 Å². The van der Waals surface area contributed by atoms with Gasteiger partial charge in [-0.1, -0.05) is 0 Å². The third kappa shape index (κ3) is 1.71. The Bertz CT molecular complexity index is 393. The van der Waals surface area contributed by atoms with E-state index >= 15 is 0 Å². The highest BCUT2D eigenvalue weighted by molar-refractivity contribution is 9.10. The molecule has 0 aromatic carbocycles. The van der Waals surface area contributed by atoms with Gasteiger partial charge in [-0.25, -0.2) is 4.39 Å². The zero-order valence-corrected chi connectivity index (χ0v) is 7.51. The molecular formula is C7H4BrFN2O. The molecule has 0 radical (unpaired) electrons. The highest BCUT2D eigenvalue weighted by Crippen LogP contribution is 2.07. The fourth-order valence-corrected chi connectivity index (χ4v) is 1.21. The first-order valence-electron chi connectivity index (χ1n) is 3.07. The lowest BCUT2D eigenvalue weighted by Gasteiger charge is -1.99. The molecule has 1 heterocycles. The largest absolute Gasteiger partial charge is 0.298 e. The Balaban J connectivity index is 3.30. The van der Waals surface area contributed by atoms with Crippen molar-refractivity contribution in [3.05, 3.63) is 32.9 Å². The lowest BCUT2D eigenvalue weighted by molar-refractivity contribution is 0.582. The van der Waals surface area contributed by atoms with E-state index < -0.39 is 11.4 Å². The Labute approximate surface area is 76.2 Å². The molecule has 1 aromatic heterocycles. The van der Waals surface area contributed by atoms with Gasteiger partial charge in [0.15, 0.2) is 5.82 Å². The molecule has 0 fully saturated rings. The Morgan fingerprint density at radius 3 is 3.00 bits per heavy atom. The van der Waals surface area contributed by atoms with Crippen molar-refractivity contribution in [2.75, 3.05) is 0 Å². The van der Waals surface area contributed by atoms with E-state index in [2.05, 4.69) is 15.9 Å². The van der Waals surface area contributed by atoms with Gasteiger partial charge in [0.1, 0.15) is 6.54 Å². The van der Waals surface area contributed by atoms with Crippen LogP contribution in [0.1, 0.15) is 0 Å². The van der Waals surface area contributed by atoms with Crippen molar-refractivity contribution >= 4 is 15.9 Å². The molecule has 0 amide bonds. The normalized spacial score (nSPS) is 9.42. The summed E-state index contributed by atoms with van der Waals surface area (Å²) in [6, 6.07) is 2.82. The summed E-state index contributed by atoms with van der Waals surface area (Å²) in [6.07, 6.45) is 1.37. The summed E-state index contributed by atoms with van der Waals surface area (Å²) < 4.78 is 14.1. The average Bonchev–Trinajstić information content (AvgIpc) is 2.00. The molecule has 0 spiro atoms. The second-order valence-electron chi connectivity index (χ2n) is 2.10. The van der Waals surface area contributed by atoms with Crippen LogP contribution in [-0.4, -0.2) is 4.57 Å². The van der Waals surface area contributed by atoms with E-state index in [9.17, 15) is 9.18 Å². The molecule has 1 rings (SSSR count). The summed E-state index contributed by atoms with van der Waals surface area (Å²) in [4.78, 5) is 10.9. The van der Waals surface area contributed by atoms with E-state index in [1.165, 1.54) is 6.20 Å². The predicted octanol–water partition coefficient (Wildman–Crippen LogP) is 1.27. The summed E-state index contributed by atoms with van der Waals surface area (Å²) in [5, 5.41) is 8.28. The van der Waals surface area contributed by atoms with Crippen molar-refractivity contribution in [3.63, 3.8) is 0 Å². The lowest BCUT2D eigenvalue weighted by Crippen LogP contribution is -2.21. The number of rotatable bonds is 1. The van der Waals surface area contributed by atoms with Crippen molar-refractivity contribution in [1.82, 2.24) is 4.57 Å². The van der Waals surface area contributed by atoms with Crippen LogP contribution in [0, 0.1) is 17.1 Å². The number of hydrogen-bond acceptors (Lipinski definition) is 2. The zero-order valence-electron chi connectivity index (χ0n) is 5.92. The summed E-state index contributed by atoms with van der Waals surface area (Å²) in [6.45, 7) is -0.144. The first-order valence-corrected chi connectivity index (χ1v) is 3.87. The van der Waals surface area contributed by atoms with Gasteiger partial charge in [0, 0.05) is 10.7 Å². The number of pyridine rings is 1. The molecular weight excluding hydrogens is 227 g/mol. The summed E-state index contributed by atoms with van der Waals surface area (Å²) in [7, 11) is 0. The molecule has 0 saturated heterocycles. The third-order valence-corrected chi connectivity index (χ3v) is 1.68. The minimum atomic E-state index is -0.861.